The molecule has 0 fully saturated rings. The lowest BCUT2D eigenvalue weighted by molar-refractivity contribution is -0.118. The molecule has 6 nitrogen and oxygen atoms in total. The van der Waals surface area contributed by atoms with Crippen molar-refractivity contribution in [2.24, 2.45) is 0 Å². The molecular formula is C23H23N5OS. The summed E-state index contributed by atoms with van der Waals surface area (Å²) in [7, 11) is 0. The number of hydrogen-bond acceptors (Lipinski definition) is 5. The Balaban J connectivity index is 1.51. The molecule has 0 radical (unpaired) electrons. The van der Waals surface area contributed by atoms with Crippen LogP contribution in [0.15, 0.2) is 59.6 Å². The van der Waals surface area contributed by atoms with Gasteiger partial charge >= 0.3 is 0 Å². The summed E-state index contributed by atoms with van der Waals surface area (Å²) in [4.78, 5) is 12.4. The van der Waals surface area contributed by atoms with Crippen LogP contribution in [0.5, 0.6) is 0 Å². The van der Waals surface area contributed by atoms with E-state index in [1.54, 1.807) is 0 Å². The number of carbonyl (C=O) groups excluding carboxylic acids is 1. The summed E-state index contributed by atoms with van der Waals surface area (Å²) in [5.41, 5.74) is 5.87. The van der Waals surface area contributed by atoms with Crippen LogP contribution in [-0.4, -0.2) is 31.6 Å². The van der Waals surface area contributed by atoms with Crippen LogP contribution in [0.25, 0.3) is 16.6 Å². The van der Waals surface area contributed by atoms with E-state index in [4.69, 9.17) is 5.10 Å². The van der Waals surface area contributed by atoms with Gasteiger partial charge in [0.25, 0.3) is 0 Å². The lowest BCUT2D eigenvalue weighted by atomic mass is 10.1. The number of rotatable bonds is 6. The minimum Gasteiger partial charge on any atom is -0.351 e. The highest BCUT2D eigenvalue weighted by molar-refractivity contribution is 8.00. The molecule has 0 aliphatic rings. The molecule has 0 bridgehead atoms. The minimum atomic E-state index is -0.0451. The van der Waals surface area contributed by atoms with Crippen LogP contribution < -0.4 is 5.32 Å². The quantitative estimate of drug-likeness (QED) is 0.477. The SMILES string of the molecule is Cc1cccc(CNC(=O)CSc2nnc(C)c3c(C)n(-c4ccccc4)nc23)c1. The Morgan fingerprint density at radius 1 is 1.03 bits per heavy atom. The van der Waals surface area contributed by atoms with Gasteiger partial charge in [0, 0.05) is 11.9 Å². The molecule has 2 aromatic heterocycles. The van der Waals surface area contributed by atoms with Gasteiger partial charge < -0.3 is 5.32 Å². The summed E-state index contributed by atoms with van der Waals surface area (Å²) in [5.74, 6) is 0.215. The van der Waals surface area contributed by atoms with E-state index in [1.807, 2.05) is 74.0 Å². The van der Waals surface area contributed by atoms with Gasteiger partial charge in [-0.1, -0.05) is 59.8 Å². The Kier molecular flexibility index (Phi) is 5.81. The second kappa shape index (κ2) is 8.67. The van der Waals surface area contributed by atoms with E-state index in [-0.39, 0.29) is 11.7 Å². The standard InChI is InChI=1S/C23H23N5OS/c1-15-8-7-9-18(12-15)13-24-20(29)14-30-23-22-21(16(2)25-26-23)17(3)28(27-22)19-10-5-4-6-11-19/h4-12H,13-14H2,1-3H3,(H,24,29). The average Bonchev–Trinajstić information content (AvgIpc) is 3.11. The maximum Gasteiger partial charge on any atom is 0.230 e. The van der Waals surface area contributed by atoms with E-state index in [1.165, 1.54) is 17.3 Å². The Hall–Kier alpha value is -3.19. The fourth-order valence-electron chi connectivity index (χ4n) is 3.43. The number of aryl methyl sites for hydroxylation is 3. The number of nitrogens with one attached hydrogen (secondary N) is 1. The van der Waals surface area contributed by atoms with Gasteiger partial charge in [-0.2, -0.15) is 10.2 Å². The number of nitrogens with zero attached hydrogens (tertiary/aromatic N) is 4. The Morgan fingerprint density at radius 3 is 2.60 bits per heavy atom. The molecule has 1 amide bonds. The zero-order valence-corrected chi connectivity index (χ0v) is 18.0. The fourth-order valence-corrected chi connectivity index (χ4v) is 4.18. The topological polar surface area (TPSA) is 72.7 Å². The zero-order chi connectivity index (χ0) is 21.1. The Morgan fingerprint density at radius 2 is 1.83 bits per heavy atom. The van der Waals surface area contributed by atoms with Gasteiger partial charge in [0.1, 0.15) is 10.5 Å². The van der Waals surface area contributed by atoms with Gasteiger partial charge in [-0.25, -0.2) is 4.68 Å². The smallest absolute Gasteiger partial charge is 0.230 e. The number of thioether (sulfide) groups is 1. The summed E-state index contributed by atoms with van der Waals surface area (Å²) >= 11 is 1.36. The van der Waals surface area contributed by atoms with Crippen molar-refractivity contribution in [3.8, 4) is 5.69 Å². The predicted octanol–water partition coefficient (Wildman–Crippen LogP) is 4.15. The highest BCUT2D eigenvalue weighted by Gasteiger charge is 2.18. The molecule has 0 saturated carbocycles. The molecule has 4 rings (SSSR count). The summed E-state index contributed by atoms with van der Waals surface area (Å²) in [6.45, 7) is 6.51. The first kappa shape index (κ1) is 20.1. The maximum atomic E-state index is 12.4. The van der Waals surface area contributed by atoms with E-state index < -0.39 is 0 Å². The van der Waals surface area contributed by atoms with Crippen molar-refractivity contribution in [2.75, 3.05) is 5.75 Å². The van der Waals surface area contributed by atoms with Crippen molar-refractivity contribution >= 4 is 28.6 Å². The zero-order valence-electron chi connectivity index (χ0n) is 17.2. The van der Waals surface area contributed by atoms with Crippen LogP contribution >= 0.6 is 11.8 Å². The Bertz CT molecular complexity index is 1200. The maximum absolute atomic E-state index is 12.4. The van der Waals surface area contributed by atoms with Gasteiger partial charge in [-0.05, 0) is 38.5 Å². The van der Waals surface area contributed by atoms with E-state index in [0.717, 1.165) is 33.5 Å². The number of fused-ring (bicyclic) bond motifs is 1. The minimum absolute atomic E-state index is 0.0451. The Labute approximate surface area is 179 Å². The monoisotopic (exact) mass is 417 g/mol. The fraction of sp³-hybridized carbons (Fsp3) is 0.217. The third-order valence-corrected chi connectivity index (χ3v) is 5.84. The molecule has 7 heteroatoms. The summed E-state index contributed by atoms with van der Waals surface area (Å²) in [5, 5.41) is 18.0. The molecule has 152 valence electrons. The lowest BCUT2D eigenvalue weighted by Crippen LogP contribution is -2.24. The third-order valence-electron chi connectivity index (χ3n) is 4.88. The van der Waals surface area contributed by atoms with Crippen molar-refractivity contribution in [3.05, 3.63) is 77.1 Å². The molecule has 0 unspecified atom stereocenters. The average molecular weight is 418 g/mol. The van der Waals surface area contributed by atoms with E-state index in [0.29, 0.717) is 11.6 Å². The summed E-state index contributed by atoms with van der Waals surface area (Å²) in [6.07, 6.45) is 0. The van der Waals surface area contributed by atoms with E-state index >= 15 is 0 Å². The number of benzene rings is 2. The first-order valence-corrected chi connectivity index (χ1v) is 10.7. The van der Waals surface area contributed by atoms with Crippen molar-refractivity contribution in [1.82, 2.24) is 25.3 Å². The molecule has 1 N–H and O–H groups in total. The van der Waals surface area contributed by atoms with Crippen LogP contribution in [-0.2, 0) is 11.3 Å². The molecule has 0 aliphatic heterocycles. The number of hydrogen-bond donors (Lipinski definition) is 1. The van der Waals surface area contributed by atoms with Gasteiger partial charge in [-0.3, -0.25) is 4.79 Å². The highest BCUT2D eigenvalue weighted by Crippen LogP contribution is 2.29. The molecule has 2 heterocycles. The van der Waals surface area contributed by atoms with Gasteiger partial charge in [0.2, 0.25) is 5.91 Å². The van der Waals surface area contributed by atoms with Gasteiger partial charge in [-0.15, -0.1) is 5.10 Å². The second-order valence-electron chi connectivity index (χ2n) is 7.20. The number of carbonyl (C=O) groups is 1. The van der Waals surface area contributed by atoms with Crippen molar-refractivity contribution < 1.29 is 4.79 Å². The molecule has 0 spiro atoms. The van der Waals surface area contributed by atoms with Crippen LogP contribution in [0.1, 0.15) is 22.5 Å². The molecule has 30 heavy (non-hydrogen) atoms. The normalized spacial score (nSPS) is 11.0. The van der Waals surface area contributed by atoms with Crippen molar-refractivity contribution in [2.45, 2.75) is 32.3 Å². The van der Waals surface area contributed by atoms with Gasteiger partial charge in [0.15, 0.2) is 0 Å². The van der Waals surface area contributed by atoms with Crippen LogP contribution in [0, 0.1) is 20.8 Å². The number of para-hydroxylation sites is 1. The van der Waals surface area contributed by atoms with E-state index in [9.17, 15) is 4.79 Å². The van der Waals surface area contributed by atoms with E-state index in [2.05, 4.69) is 21.6 Å². The number of amides is 1. The summed E-state index contributed by atoms with van der Waals surface area (Å²) in [6, 6.07) is 18.1. The summed E-state index contributed by atoms with van der Waals surface area (Å²) < 4.78 is 1.91. The molecule has 0 saturated heterocycles. The van der Waals surface area contributed by atoms with Crippen LogP contribution in [0.2, 0.25) is 0 Å². The van der Waals surface area contributed by atoms with Crippen molar-refractivity contribution in [3.63, 3.8) is 0 Å². The highest BCUT2D eigenvalue weighted by atomic mass is 32.2. The molecule has 0 atom stereocenters. The number of aromatic nitrogens is 4. The molecule has 4 aromatic rings. The second-order valence-corrected chi connectivity index (χ2v) is 8.17. The predicted molar refractivity (Wildman–Crippen MR) is 120 cm³/mol. The van der Waals surface area contributed by atoms with Gasteiger partial charge in [0.05, 0.1) is 22.8 Å². The largest absolute Gasteiger partial charge is 0.351 e. The molecular weight excluding hydrogens is 394 g/mol. The first-order chi connectivity index (χ1) is 14.5. The van der Waals surface area contributed by atoms with Crippen LogP contribution in [0.4, 0.5) is 0 Å². The molecule has 2 aromatic carbocycles. The first-order valence-electron chi connectivity index (χ1n) is 9.76. The lowest BCUT2D eigenvalue weighted by Gasteiger charge is -2.06. The molecule has 0 aliphatic carbocycles. The van der Waals surface area contributed by atoms with Crippen molar-refractivity contribution in [1.29, 1.82) is 0 Å². The van der Waals surface area contributed by atoms with Crippen LogP contribution in [0.3, 0.4) is 0 Å². The third kappa shape index (κ3) is 4.21.